The van der Waals surface area contributed by atoms with E-state index in [2.05, 4.69) is 16.2 Å². The van der Waals surface area contributed by atoms with Gasteiger partial charge in [0.15, 0.2) is 0 Å². The standard InChI is InChI=1S/C24H35N5O4S/c1-4-6-11-28(12-10-22(30)27-13-15-29(16-14-27)24(31)33-5-2)23-25-21(26-34-23)18-19-8-7-9-20(17-19)32-3/h7-9,17H,4-6,10-16,18H2,1-3H3. The number of hydrogen-bond donors (Lipinski definition) is 0. The van der Waals surface area contributed by atoms with Crippen molar-refractivity contribution in [3.05, 3.63) is 35.7 Å². The van der Waals surface area contributed by atoms with Crippen LogP contribution in [0.1, 0.15) is 44.5 Å². The molecule has 1 aliphatic heterocycles. The van der Waals surface area contributed by atoms with Crippen molar-refractivity contribution in [3.8, 4) is 5.75 Å². The van der Waals surface area contributed by atoms with Crippen molar-refractivity contribution in [1.29, 1.82) is 0 Å². The Bertz CT molecular complexity index is 930. The summed E-state index contributed by atoms with van der Waals surface area (Å²) in [5, 5.41) is 0.853. The van der Waals surface area contributed by atoms with Crippen molar-refractivity contribution in [3.63, 3.8) is 0 Å². The maximum atomic E-state index is 12.8. The van der Waals surface area contributed by atoms with Crippen molar-refractivity contribution < 1.29 is 19.1 Å². The number of amides is 2. The van der Waals surface area contributed by atoms with Crippen molar-refractivity contribution in [2.75, 3.05) is 57.9 Å². The minimum absolute atomic E-state index is 0.103. The van der Waals surface area contributed by atoms with E-state index in [0.717, 1.165) is 41.7 Å². The van der Waals surface area contributed by atoms with Crippen molar-refractivity contribution >= 4 is 28.7 Å². The van der Waals surface area contributed by atoms with E-state index < -0.39 is 0 Å². The highest BCUT2D eigenvalue weighted by molar-refractivity contribution is 7.09. The largest absolute Gasteiger partial charge is 0.497 e. The van der Waals surface area contributed by atoms with Crippen LogP contribution in [0, 0.1) is 0 Å². The third-order valence-electron chi connectivity index (χ3n) is 5.76. The molecule has 0 bridgehead atoms. The summed E-state index contributed by atoms with van der Waals surface area (Å²) in [6.45, 7) is 7.84. The Morgan fingerprint density at radius 1 is 1.12 bits per heavy atom. The highest BCUT2D eigenvalue weighted by atomic mass is 32.1. The molecule has 0 spiro atoms. The normalized spacial score (nSPS) is 13.6. The molecule has 1 aromatic heterocycles. The predicted molar refractivity (Wildman–Crippen MR) is 133 cm³/mol. The molecule has 0 radical (unpaired) electrons. The summed E-state index contributed by atoms with van der Waals surface area (Å²) >= 11 is 1.38. The van der Waals surface area contributed by atoms with E-state index in [9.17, 15) is 9.59 Å². The van der Waals surface area contributed by atoms with Gasteiger partial charge in [0.25, 0.3) is 0 Å². The third-order valence-corrected chi connectivity index (χ3v) is 6.57. The molecule has 1 aromatic carbocycles. The van der Waals surface area contributed by atoms with Gasteiger partial charge in [-0.2, -0.15) is 4.37 Å². The number of methoxy groups -OCH3 is 1. The lowest BCUT2D eigenvalue weighted by atomic mass is 10.1. The number of anilines is 1. The summed E-state index contributed by atoms with van der Waals surface area (Å²) in [7, 11) is 1.66. The van der Waals surface area contributed by atoms with Gasteiger partial charge in [0.1, 0.15) is 11.6 Å². The quantitative estimate of drug-likeness (QED) is 0.478. The summed E-state index contributed by atoms with van der Waals surface area (Å²) in [6.07, 6.45) is 2.83. The number of carbonyl (C=O) groups is 2. The predicted octanol–water partition coefficient (Wildman–Crippen LogP) is 3.43. The summed E-state index contributed by atoms with van der Waals surface area (Å²) in [6, 6.07) is 7.92. The van der Waals surface area contributed by atoms with Gasteiger partial charge in [-0.15, -0.1) is 0 Å². The van der Waals surface area contributed by atoms with Gasteiger partial charge in [0, 0.05) is 63.6 Å². The molecule has 1 fully saturated rings. The first kappa shape index (κ1) is 25.7. The monoisotopic (exact) mass is 489 g/mol. The van der Waals surface area contributed by atoms with Crippen LogP contribution in [0.2, 0.25) is 0 Å². The highest BCUT2D eigenvalue weighted by Gasteiger charge is 2.25. The van der Waals surface area contributed by atoms with E-state index in [1.54, 1.807) is 18.9 Å². The lowest BCUT2D eigenvalue weighted by molar-refractivity contribution is -0.132. The number of benzene rings is 1. The molecule has 2 heterocycles. The Morgan fingerprint density at radius 2 is 1.88 bits per heavy atom. The van der Waals surface area contributed by atoms with Crippen molar-refractivity contribution in [1.82, 2.24) is 19.2 Å². The molecule has 10 heteroatoms. The molecular formula is C24H35N5O4S. The number of hydrogen-bond acceptors (Lipinski definition) is 8. The van der Waals surface area contributed by atoms with Crippen molar-refractivity contribution in [2.45, 2.75) is 39.5 Å². The Balaban J connectivity index is 1.55. The van der Waals surface area contributed by atoms with Crippen LogP contribution >= 0.6 is 11.5 Å². The summed E-state index contributed by atoms with van der Waals surface area (Å²) in [4.78, 5) is 35.1. The summed E-state index contributed by atoms with van der Waals surface area (Å²) in [5.41, 5.74) is 1.10. The van der Waals surface area contributed by atoms with E-state index in [-0.39, 0.29) is 12.0 Å². The minimum Gasteiger partial charge on any atom is -0.497 e. The number of piperazine rings is 1. The molecule has 34 heavy (non-hydrogen) atoms. The van der Waals surface area contributed by atoms with Gasteiger partial charge in [-0.05, 0) is 31.0 Å². The van der Waals surface area contributed by atoms with E-state index in [4.69, 9.17) is 14.5 Å². The van der Waals surface area contributed by atoms with Crippen LogP contribution in [0.15, 0.2) is 24.3 Å². The lowest BCUT2D eigenvalue weighted by Gasteiger charge is -2.34. The van der Waals surface area contributed by atoms with Gasteiger partial charge in [-0.1, -0.05) is 25.5 Å². The lowest BCUT2D eigenvalue weighted by Crippen LogP contribution is -2.51. The molecule has 1 aliphatic rings. The number of aromatic nitrogens is 2. The number of nitrogens with zero attached hydrogens (tertiary/aromatic N) is 5. The number of rotatable bonds is 11. The van der Waals surface area contributed by atoms with Crippen LogP contribution in [0.3, 0.4) is 0 Å². The zero-order valence-corrected chi connectivity index (χ0v) is 21.2. The molecule has 3 rings (SSSR count). The molecule has 2 amide bonds. The summed E-state index contributed by atoms with van der Waals surface area (Å²) in [5.74, 6) is 1.70. The van der Waals surface area contributed by atoms with E-state index in [1.807, 2.05) is 29.2 Å². The van der Waals surface area contributed by atoms with E-state index in [1.165, 1.54) is 11.5 Å². The first-order chi connectivity index (χ1) is 16.5. The fraction of sp³-hybridized carbons (Fsp3) is 0.583. The molecule has 0 aliphatic carbocycles. The molecule has 0 atom stereocenters. The van der Waals surface area contributed by atoms with E-state index in [0.29, 0.717) is 52.2 Å². The molecule has 0 N–H and O–H groups in total. The van der Waals surface area contributed by atoms with Crippen LogP contribution in [0.5, 0.6) is 5.75 Å². The van der Waals surface area contributed by atoms with Gasteiger partial charge >= 0.3 is 6.09 Å². The van der Waals surface area contributed by atoms with Gasteiger partial charge in [0.2, 0.25) is 11.0 Å². The molecule has 0 saturated carbocycles. The zero-order valence-electron chi connectivity index (χ0n) is 20.4. The maximum Gasteiger partial charge on any atom is 0.409 e. The zero-order chi connectivity index (χ0) is 24.3. The average molecular weight is 490 g/mol. The van der Waals surface area contributed by atoms with Crippen LogP contribution in [0.25, 0.3) is 0 Å². The second-order valence-corrected chi connectivity index (χ2v) is 8.91. The molecule has 0 unspecified atom stereocenters. The average Bonchev–Trinajstić information content (AvgIpc) is 3.32. The number of unbranched alkanes of at least 4 members (excludes halogenated alkanes) is 1. The fourth-order valence-electron chi connectivity index (χ4n) is 3.80. The van der Waals surface area contributed by atoms with Crippen LogP contribution in [0.4, 0.5) is 9.93 Å². The maximum absolute atomic E-state index is 12.8. The molecule has 2 aromatic rings. The van der Waals surface area contributed by atoms with Crippen molar-refractivity contribution in [2.24, 2.45) is 0 Å². The third kappa shape index (κ3) is 7.31. The highest BCUT2D eigenvalue weighted by Crippen LogP contribution is 2.21. The SMILES string of the molecule is CCCCN(CCC(=O)N1CCN(C(=O)OCC)CC1)c1nc(Cc2cccc(OC)c2)ns1. The Hall–Kier alpha value is -2.88. The Morgan fingerprint density at radius 3 is 2.59 bits per heavy atom. The minimum atomic E-state index is -0.304. The molecule has 186 valence electrons. The van der Waals surface area contributed by atoms with Crippen LogP contribution in [-0.2, 0) is 16.0 Å². The fourth-order valence-corrected chi connectivity index (χ4v) is 4.54. The number of ether oxygens (including phenoxy) is 2. The van der Waals surface area contributed by atoms with Gasteiger partial charge < -0.3 is 24.2 Å². The second-order valence-electron chi connectivity index (χ2n) is 8.18. The molecular weight excluding hydrogens is 454 g/mol. The van der Waals surface area contributed by atoms with Gasteiger partial charge in [-0.3, -0.25) is 4.79 Å². The molecule has 1 saturated heterocycles. The first-order valence-corrected chi connectivity index (χ1v) is 12.7. The first-order valence-electron chi connectivity index (χ1n) is 11.9. The second kappa shape index (κ2) is 13.1. The Kier molecular flexibility index (Phi) is 9.93. The van der Waals surface area contributed by atoms with Crippen LogP contribution < -0.4 is 9.64 Å². The van der Waals surface area contributed by atoms with E-state index >= 15 is 0 Å². The summed E-state index contributed by atoms with van der Waals surface area (Å²) < 4.78 is 14.9. The van der Waals surface area contributed by atoms with Gasteiger partial charge in [0.05, 0.1) is 13.7 Å². The molecule has 9 nitrogen and oxygen atoms in total. The number of carbonyl (C=O) groups excluding carboxylic acids is 2. The topological polar surface area (TPSA) is 88.1 Å². The van der Waals surface area contributed by atoms with Crippen LogP contribution in [-0.4, -0.2) is 84.1 Å². The van der Waals surface area contributed by atoms with Gasteiger partial charge in [-0.25, -0.2) is 9.78 Å². The smallest absolute Gasteiger partial charge is 0.409 e. The Labute approximate surface area is 205 Å².